The molecule has 7 nitrogen and oxygen atoms in total. The molecular weight excluding hydrogens is 232 g/mol. The van der Waals surface area contributed by atoms with Crippen molar-refractivity contribution in [3.63, 3.8) is 0 Å². The number of carboxylic acid groups (broad SMARTS) is 2. The van der Waals surface area contributed by atoms with E-state index >= 15 is 0 Å². The predicted molar refractivity (Wildman–Crippen MR) is 58.4 cm³/mol. The molecule has 0 aromatic heterocycles. The SMILES string of the molecule is CCC(CO)(CO)CO.O=C(O)/C=C/C(=O)O. The lowest BCUT2D eigenvalue weighted by Crippen LogP contribution is -2.32. The van der Waals surface area contributed by atoms with Crippen LogP contribution in [-0.2, 0) is 9.59 Å². The van der Waals surface area contributed by atoms with Gasteiger partial charge in [0.15, 0.2) is 0 Å². The van der Waals surface area contributed by atoms with Crippen LogP contribution in [0.2, 0.25) is 0 Å². The van der Waals surface area contributed by atoms with E-state index in [0.29, 0.717) is 18.6 Å². The molecule has 0 saturated carbocycles. The van der Waals surface area contributed by atoms with Gasteiger partial charge >= 0.3 is 11.9 Å². The van der Waals surface area contributed by atoms with Gasteiger partial charge in [0.1, 0.15) is 0 Å². The van der Waals surface area contributed by atoms with Gasteiger partial charge in [0, 0.05) is 17.6 Å². The van der Waals surface area contributed by atoms with E-state index < -0.39 is 17.4 Å². The smallest absolute Gasteiger partial charge is 0.328 e. The van der Waals surface area contributed by atoms with Gasteiger partial charge in [0.05, 0.1) is 19.8 Å². The number of hydrogen-bond donors (Lipinski definition) is 5. The van der Waals surface area contributed by atoms with Crippen molar-refractivity contribution in [2.45, 2.75) is 13.3 Å². The van der Waals surface area contributed by atoms with E-state index in [9.17, 15) is 9.59 Å². The topological polar surface area (TPSA) is 135 Å². The van der Waals surface area contributed by atoms with E-state index in [1.807, 2.05) is 6.92 Å². The second-order valence-corrected chi connectivity index (χ2v) is 3.34. The molecule has 0 heterocycles. The largest absolute Gasteiger partial charge is 0.478 e. The Morgan fingerprint density at radius 2 is 1.24 bits per heavy atom. The molecule has 0 unspecified atom stereocenters. The predicted octanol–water partition coefficient (Wildman–Crippen LogP) is -0.928. The van der Waals surface area contributed by atoms with Crippen molar-refractivity contribution >= 4 is 11.9 Å². The average Bonchev–Trinajstić information content (AvgIpc) is 2.31. The monoisotopic (exact) mass is 250 g/mol. The van der Waals surface area contributed by atoms with Crippen molar-refractivity contribution in [3.8, 4) is 0 Å². The van der Waals surface area contributed by atoms with E-state index in [0.717, 1.165) is 0 Å². The molecule has 0 aliphatic heterocycles. The normalized spacial score (nSPS) is 10.8. The summed E-state index contributed by atoms with van der Waals surface area (Å²) in [5, 5.41) is 41.6. The highest BCUT2D eigenvalue weighted by Crippen LogP contribution is 2.18. The van der Waals surface area contributed by atoms with Gasteiger partial charge in [0.2, 0.25) is 0 Å². The van der Waals surface area contributed by atoms with Gasteiger partial charge < -0.3 is 25.5 Å². The fourth-order valence-corrected chi connectivity index (χ4v) is 0.628. The molecule has 0 saturated heterocycles. The van der Waals surface area contributed by atoms with E-state index in [1.54, 1.807) is 0 Å². The van der Waals surface area contributed by atoms with Crippen LogP contribution in [0.5, 0.6) is 0 Å². The summed E-state index contributed by atoms with van der Waals surface area (Å²) in [4.78, 5) is 19.1. The number of aliphatic hydroxyl groups is 3. The second-order valence-electron chi connectivity index (χ2n) is 3.34. The fraction of sp³-hybridized carbons (Fsp3) is 0.600. The van der Waals surface area contributed by atoms with Crippen LogP contribution < -0.4 is 0 Å². The molecule has 0 aromatic carbocycles. The summed E-state index contributed by atoms with van der Waals surface area (Å²) in [6, 6.07) is 0. The number of carboxylic acids is 2. The van der Waals surface area contributed by atoms with Crippen LogP contribution >= 0.6 is 0 Å². The lowest BCUT2D eigenvalue weighted by Gasteiger charge is -2.24. The zero-order chi connectivity index (χ0) is 13.9. The molecule has 0 fully saturated rings. The van der Waals surface area contributed by atoms with Crippen molar-refractivity contribution in [2.75, 3.05) is 19.8 Å². The van der Waals surface area contributed by atoms with Crippen molar-refractivity contribution in [1.82, 2.24) is 0 Å². The van der Waals surface area contributed by atoms with E-state index in [4.69, 9.17) is 25.5 Å². The zero-order valence-electron chi connectivity index (χ0n) is 9.54. The third-order valence-electron chi connectivity index (χ3n) is 2.12. The fourth-order valence-electron chi connectivity index (χ4n) is 0.628. The Morgan fingerprint density at radius 1 is 0.941 bits per heavy atom. The minimum atomic E-state index is -1.26. The van der Waals surface area contributed by atoms with E-state index in [1.165, 1.54) is 0 Å². The van der Waals surface area contributed by atoms with Crippen LogP contribution in [0.15, 0.2) is 12.2 Å². The Hall–Kier alpha value is -1.44. The number of rotatable bonds is 6. The first-order valence-corrected chi connectivity index (χ1v) is 4.84. The Balaban J connectivity index is 0. The molecule has 0 spiro atoms. The Morgan fingerprint density at radius 3 is 1.29 bits per heavy atom. The first-order valence-electron chi connectivity index (χ1n) is 4.84. The van der Waals surface area contributed by atoms with Crippen molar-refractivity contribution < 1.29 is 35.1 Å². The van der Waals surface area contributed by atoms with E-state index in [2.05, 4.69) is 0 Å². The number of aliphatic hydroxyl groups excluding tert-OH is 3. The van der Waals surface area contributed by atoms with Gasteiger partial charge in [-0.25, -0.2) is 9.59 Å². The number of hydrogen-bond acceptors (Lipinski definition) is 5. The van der Waals surface area contributed by atoms with Gasteiger partial charge in [-0.05, 0) is 6.42 Å². The minimum Gasteiger partial charge on any atom is -0.478 e. The molecule has 7 heteroatoms. The molecule has 0 bridgehead atoms. The molecular formula is C10H18O7. The lowest BCUT2D eigenvalue weighted by molar-refractivity contribution is -0.134. The van der Waals surface area contributed by atoms with Crippen molar-refractivity contribution in [3.05, 3.63) is 12.2 Å². The van der Waals surface area contributed by atoms with Crippen LogP contribution in [0.1, 0.15) is 13.3 Å². The quantitative estimate of drug-likeness (QED) is 0.384. The second kappa shape index (κ2) is 9.76. The van der Waals surface area contributed by atoms with Crippen LogP contribution in [0.4, 0.5) is 0 Å². The third-order valence-corrected chi connectivity index (χ3v) is 2.12. The molecule has 0 radical (unpaired) electrons. The molecule has 5 N–H and O–H groups in total. The van der Waals surface area contributed by atoms with Crippen LogP contribution in [0.3, 0.4) is 0 Å². The average molecular weight is 250 g/mol. The zero-order valence-corrected chi connectivity index (χ0v) is 9.54. The standard InChI is InChI=1S/C6H14O3.C4H4O4/c1-2-6(3-7,4-8)5-9;5-3(6)1-2-4(7)8/h7-9H,2-5H2,1H3;1-2H,(H,5,6)(H,7,8)/b;2-1+. The van der Waals surface area contributed by atoms with Gasteiger partial charge in [-0.2, -0.15) is 0 Å². The van der Waals surface area contributed by atoms with Gasteiger partial charge in [-0.1, -0.05) is 6.92 Å². The van der Waals surface area contributed by atoms with Gasteiger partial charge in [-0.3, -0.25) is 0 Å². The van der Waals surface area contributed by atoms with Crippen LogP contribution in [0.25, 0.3) is 0 Å². The van der Waals surface area contributed by atoms with Crippen LogP contribution in [-0.4, -0.2) is 57.3 Å². The number of aliphatic carboxylic acids is 2. The van der Waals surface area contributed by atoms with Crippen LogP contribution in [0, 0.1) is 5.41 Å². The molecule has 0 aliphatic rings. The highest BCUT2D eigenvalue weighted by molar-refractivity contribution is 5.89. The molecule has 0 amide bonds. The molecule has 0 atom stereocenters. The van der Waals surface area contributed by atoms with Crippen molar-refractivity contribution in [1.29, 1.82) is 0 Å². The van der Waals surface area contributed by atoms with E-state index in [-0.39, 0.29) is 19.8 Å². The highest BCUT2D eigenvalue weighted by atomic mass is 16.4. The maximum Gasteiger partial charge on any atom is 0.328 e. The first-order chi connectivity index (χ1) is 7.87. The summed E-state index contributed by atoms with van der Waals surface area (Å²) in [5.74, 6) is -2.51. The summed E-state index contributed by atoms with van der Waals surface area (Å²) in [6.45, 7) is 1.35. The third kappa shape index (κ3) is 9.49. The molecule has 0 rings (SSSR count). The summed E-state index contributed by atoms with van der Waals surface area (Å²) in [7, 11) is 0. The Labute approximate surface area is 98.6 Å². The molecule has 0 aliphatic carbocycles. The maximum atomic E-state index is 9.55. The highest BCUT2D eigenvalue weighted by Gasteiger charge is 2.24. The molecule has 0 aromatic rings. The lowest BCUT2D eigenvalue weighted by atomic mass is 9.88. The van der Waals surface area contributed by atoms with Gasteiger partial charge in [-0.15, -0.1) is 0 Å². The maximum absolute atomic E-state index is 9.55. The first kappa shape index (κ1) is 17.9. The number of carbonyl (C=O) groups is 2. The Kier molecular flexibility index (Phi) is 10.3. The summed E-state index contributed by atoms with van der Waals surface area (Å²) < 4.78 is 0. The summed E-state index contributed by atoms with van der Waals surface area (Å²) in [6.07, 6.45) is 1.71. The molecule has 17 heavy (non-hydrogen) atoms. The Bertz CT molecular complexity index is 222. The summed E-state index contributed by atoms with van der Waals surface area (Å²) in [5.41, 5.74) is -0.667. The summed E-state index contributed by atoms with van der Waals surface area (Å²) >= 11 is 0. The minimum absolute atomic E-state index is 0.156. The van der Waals surface area contributed by atoms with Gasteiger partial charge in [0.25, 0.3) is 0 Å². The molecule has 100 valence electrons. The van der Waals surface area contributed by atoms with Crippen molar-refractivity contribution in [2.24, 2.45) is 5.41 Å².